The third-order valence-electron chi connectivity index (χ3n) is 4.44. The van der Waals surface area contributed by atoms with Crippen LogP contribution in [0.1, 0.15) is 0 Å². The van der Waals surface area contributed by atoms with Gasteiger partial charge in [0.1, 0.15) is 0 Å². The first-order valence-electron chi connectivity index (χ1n) is 8.12. The summed E-state index contributed by atoms with van der Waals surface area (Å²) in [6.45, 7) is 0. The maximum Gasteiger partial charge on any atom is 0.460 e. The molecule has 27 heteroatoms. The van der Waals surface area contributed by atoms with Crippen molar-refractivity contribution in [1.29, 1.82) is 0 Å². The Kier molecular flexibility index (Phi) is 8.44. The van der Waals surface area contributed by atoms with E-state index in [1.165, 1.54) is 0 Å². The van der Waals surface area contributed by atoms with Gasteiger partial charge in [0, 0.05) is 0 Å². The molecule has 0 heterocycles. The molecule has 1 nitrogen and oxygen atoms in total. The standard InChI is InChI=1S/C13F26O/c14-2(15,4(18,19)6(22,23)8(26,27)10(30,31)12(34,35)36)1(40)3(16,17)5(20,21)7(24,25)9(28,29)11(32,33)13(37,38)39. The number of hydrogen-bond donors (Lipinski definition) is 0. The Morgan fingerprint density at radius 1 is 0.250 bits per heavy atom. The van der Waals surface area contributed by atoms with Gasteiger partial charge < -0.3 is 0 Å². The Labute approximate surface area is 198 Å². The molecule has 0 aromatic heterocycles. The number of carbonyl (C=O) groups is 1. The van der Waals surface area contributed by atoms with E-state index in [1.54, 1.807) is 0 Å². The summed E-state index contributed by atoms with van der Waals surface area (Å²) in [5.74, 6) is -96.6. The van der Waals surface area contributed by atoms with Crippen LogP contribution in [0, 0.1) is 0 Å². The number of alkyl halides is 26. The molecule has 0 aliphatic carbocycles. The molecule has 0 bridgehead atoms. The summed E-state index contributed by atoms with van der Waals surface area (Å²) in [5, 5.41) is 0. The van der Waals surface area contributed by atoms with E-state index < -0.39 is 77.4 Å². The van der Waals surface area contributed by atoms with Crippen LogP contribution in [-0.2, 0) is 4.79 Å². The van der Waals surface area contributed by atoms with Gasteiger partial charge in [0.15, 0.2) is 0 Å². The first kappa shape index (κ1) is 37.9. The molecule has 0 saturated heterocycles. The third kappa shape index (κ3) is 4.37. The van der Waals surface area contributed by atoms with Crippen molar-refractivity contribution in [3.63, 3.8) is 0 Å². The van der Waals surface area contributed by atoms with Gasteiger partial charge in [0.2, 0.25) is 0 Å². The van der Waals surface area contributed by atoms with Crippen LogP contribution >= 0.6 is 0 Å². The van der Waals surface area contributed by atoms with Crippen molar-refractivity contribution in [2.75, 3.05) is 0 Å². The van der Waals surface area contributed by atoms with Gasteiger partial charge in [0.05, 0.1) is 0 Å². The zero-order valence-electron chi connectivity index (χ0n) is 16.7. The Morgan fingerprint density at radius 3 is 0.550 bits per heavy atom. The first-order valence-corrected chi connectivity index (χ1v) is 8.12. The van der Waals surface area contributed by atoms with Crippen molar-refractivity contribution < 1.29 is 119 Å². The van der Waals surface area contributed by atoms with E-state index in [-0.39, 0.29) is 0 Å². The molecular weight excluding hydrogens is 666 g/mol. The second kappa shape index (κ2) is 8.92. The lowest BCUT2D eigenvalue weighted by molar-refractivity contribution is -0.442. The highest BCUT2D eigenvalue weighted by Gasteiger charge is 2.96. The van der Waals surface area contributed by atoms with Crippen LogP contribution in [0.4, 0.5) is 114 Å². The molecule has 0 spiro atoms. The average Bonchev–Trinajstić information content (AvgIpc) is 2.70. The van der Waals surface area contributed by atoms with Crippen molar-refractivity contribution in [3.8, 4) is 0 Å². The van der Waals surface area contributed by atoms with Crippen LogP contribution in [0.2, 0.25) is 0 Å². The molecule has 0 N–H and O–H groups in total. The highest BCUT2D eigenvalue weighted by molar-refractivity contribution is 5.94. The van der Waals surface area contributed by atoms with Crippen LogP contribution in [0.3, 0.4) is 0 Å². The van der Waals surface area contributed by atoms with Gasteiger partial charge in [-0.25, -0.2) is 0 Å². The van der Waals surface area contributed by atoms with E-state index in [9.17, 15) is 119 Å². The van der Waals surface area contributed by atoms with Gasteiger partial charge in [-0.1, -0.05) is 0 Å². The lowest BCUT2D eigenvalue weighted by Crippen LogP contribution is -2.75. The first-order chi connectivity index (χ1) is 16.7. The second-order valence-corrected chi connectivity index (χ2v) is 7.07. The molecule has 0 fully saturated rings. The minimum absolute atomic E-state index is 6.47. The van der Waals surface area contributed by atoms with Gasteiger partial charge >= 0.3 is 71.6 Å². The molecule has 0 aromatic rings. The topological polar surface area (TPSA) is 17.1 Å². The SMILES string of the molecule is O=C(C(F)(F)C(F)(F)C(F)(F)C(F)(F)C(F)(F)C(F)(F)F)C(F)(F)C(F)(F)C(F)(F)C(F)(F)C(F)(F)C(F)(F)F. The van der Waals surface area contributed by atoms with Gasteiger partial charge in [-0.2, -0.15) is 114 Å². The minimum atomic E-state index is -9.25. The number of ketones is 1. The van der Waals surface area contributed by atoms with E-state index in [2.05, 4.69) is 0 Å². The minimum Gasteiger partial charge on any atom is -0.286 e. The van der Waals surface area contributed by atoms with E-state index in [0.29, 0.717) is 0 Å². The fourth-order valence-electron chi connectivity index (χ4n) is 2.02. The largest absolute Gasteiger partial charge is 0.460 e. The lowest BCUT2D eigenvalue weighted by atomic mass is 9.86. The Balaban J connectivity index is 7.18. The summed E-state index contributed by atoms with van der Waals surface area (Å²) in [7, 11) is 0. The van der Waals surface area contributed by atoms with Crippen LogP contribution in [0.5, 0.6) is 0 Å². The molecular formula is C13F26O. The van der Waals surface area contributed by atoms with Crippen LogP contribution < -0.4 is 0 Å². The van der Waals surface area contributed by atoms with Crippen molar-refractivity contribution in [2.24, 2.45) is 0 Å². The summed E-state index contributed by atoms with van der Waals surface area (Å²) in [6, 6.07) is 0. The predicted octanol–water partition coefficient (Wildman–Crippen LogP) is 8.03. The smallest absolute Gasteiger partial charge is 0.286 e. The molecule has 0 aliphatic heterocycles. The normalized spacial score (nSPS) is 16.9. The Bertz CT molecular complexity index is 884. The van der Waals surface area contributed by atoms with Gasteiger partial charge in [0.25, 0.3) is 5.78 Å². The molecule has 40 heavy (non-hydrogen) atoms. The summed E-state index contributed by atoms with van der Waals surface area (Å²) in [6.07, 6.45) is -16.3. The number of rotatable bonds is 10. The second-order valence-electron chi connectivity index (χ2n) is 7.07. The van der Waals surface area contributed by atoms with Crippen LogP contribution in [-0.4, -0.2) is 77.4 Å². The molecule has 240 valence electrons. The molecule has 0 amide bonds. The van der Waals surface area contributed by atoms with Gasteiger partial charge in [-0.05, 0) is 0 Å². The molecule has 0 rings (SSSR count). The quantitative estimate of drug-likeness (QED) is 0.216. The highest BCUT2D eigenvalue weighted by Crippen LogP contribution is 2.64. The fraction of sp³-hybridized carbons (Fsp3) is 0.923. The maximum absolute atomic E-state index is 13.4. The van der Waals surface area contributed by atoms with Crippen molar-refractivity contribution in [1.82, 2.24) is 0 Å². The number of halogens is 26. The molecule has 0 unspecified atom stereocenters. The monoisotopic (exact) mass is 666 g/mol. The summed E-state index contributed by atoms with van der Waals surface area (Å²) in [4.78, 5) is 10.8. The van der Waals surface area contributed by atoms with E-state index in [1.807, 2.05) is 0 Å². The zero-order valence-corrected chi connectivity index (χ0v) is 16.7. The number of Topliss-reactive ketones (excluding diaryl/α,β-unsaturated/α-hetero) is 1. The molecule has 0 aromatic carbocycles. The fourth-order valence-corrected chi connectivity index (χ4v) is 2.02. The Hall–Kier alpha value is -2.15. The van der Waals surface area contributed by atoms with Gasteiger partial charge in [-0.15, -0.1) is 0 Å². The number of hydrogen-bond acceptors (Lipinski definition) is 1. The lowest BCUT2D eigenvalue weighted by Gasteiger charge is -2.42. The molecule has 0 radical (unpaired) electrons. The zero-order chi connectivity index (χ0) is 33.6. The molecule has 0 atom stereocenters. The maximum atomic E-state index is 13.4. The number of carbonyl (C=O) groups excluding carboxylic acids is 1. The van der Waals surface area contributed by atoms with E-state index >= 15 is 0 Å². The van der Waals surface area contributed by atoms with Crippen LogP contribution in [0.15, 0.2) is 0 Å². The summed E-state index contributed by atoms with van der Waals surface area (Å²) < 4.78 is 334. The van der Waals surface area contributed by atoms with E-state index in [4.69, 9.17) is 0 Å². The third-order valence-corrected chi connectivity index (χ3v) is 4.44. The Morgan fingerprint density at radius 2 is 0.400 bits per heavy atom. The van der Waals surface area contributed by atoms with Crippen molar-refractivity contribution in [3.05, 3.63) is 0 Å². The molecule has 0 saturated carbocycles. The van der Waals surface area contributed by atoms with Crippen LogP contribution in [0.25, 0.3) is 0 Å². The van der Waals surface area contributed by atoms with Crippen molar-refractivity contribution in [2.45, 2.75) is 71.6 Å². The van der Waals surface area contributed by atoms with Crippen molar-refractivity contribution >= 4 is 5.78 Å². The summed E-state index contributed by atoms with van der Waals surface area (Å²) in [5.41, 5.74) is 0. The van der Waals surface area contributed by atoms with E-state index in [0.717, 1.165) is 0 Å². The summed E-state index contributed by atoms with van der Waals surface area (Å²) >= 11 is 0. The highest BCUT2D eigenvalue weighted by atomic mass is 19.4. The average molecular weight is 666 g/mol. The molecule has 0 aliphatic rings. The predicted molar refractivity (Wildman–Crippen MR) is 66.6 cm³/mol. The van der Waals surface area contributed by atoms with Gasteiger partial charge in [-0.3, -0.25) is 4.79 Å².